The number of aryl methyl sites for hydroxylation is 1. The van der Waals surface area contributed by atoms with Gasteiger partial charge in [-0.15, -0.1) is 0 Å². The molecule has 1 aliphatic heterocycles. The van der Waals surface area contributed by atoms with Crippen molar-refractivity contribution in [2.75, 3.05) is 30.3 Å². The van der Waals surface area contributed by atoms with Crippen LogP contribution in [0.25, 0.3) is 0 Å². The lowest BCUT2D eigenvalue weighted by Gasteiger charge is -2.32. The van der Waals surface area contributed by atoms with E-state index in [-0.39, 0.29) is 0 Å². The van der Waals surface area contributed by atoms with Crippen LogP contribution in [0.3, 0.4) is 0 Å². The summed E-state index contributed by atoms with van der Waals surface area (Å²) in [5.74, 6) is 1.28. The fourth-order valence-electron chi connectivity index (χ4n) is 2.98. The van der Waals surface area contributed by atoms with E-state index in [0.717, 1.165) is 50.5 Å². The monoisotopic (exact) mass is 312 g/mol. The van der Waals surface area contributed by atoms with Gasteiger partial charge in [-0.25, -0.2) is 4.98 Å². The van der Waals surface area contributed by atoms with E-state index in [1.807, 2.05) is 19.1 Å². The highest BCUT2D eigenvalue weighted by Gasteiger charge is 2.21. The molecule has 0 amide bonds. The SMILES string of the molecule is Cc1cc(N2CCC(OCCc3ccccc3)CC2)nc(N)n1. The van der Waals surface area contributed by atoms with Gasteiger partial charge in [0.1, 0.15) is 5.82 Å². The van der Waals surface area contributed by atoms with Crippen molar-refractivity contribution in [3.05, 3.63) is 47.7 Å². The Morgan fingerprint density at radius 2 is 1.91 bits per heavy atom. The van der Waals surface area contributed by atoms with Crippen LogP contribution in [0.4, 0.5) is 11.8 Å². The molecule has 1 aromatic heterocycles. The summed E-state index contributed by atoms with van der Waals surface area (Å²) < 4.78 is 6.03. The van der Waals surface area contributed by atoms with Gasteiger partial charge in [0.2, 0.25) is 5.95 Å². The molecule has 2 aromatic rings. The minimum absolute atomic E-state index is 0.343. The Bertz CT molecular complexity index is 604. The van der Waals surface area contributed by atoms with Gasteiger partial charge in [-0.05, 0) is 31.7 Å². The fraction of sp³-hybridized carbons (Fsp3) is 0.444. The Kier molecular flexibility index (Phi) is 5.08. The number of benzene rings is 1. The third-order valence-electron chi connectivity index (χ3n) is 4.21. The van der Waals surface area contributed by atoms with Crippen molar-refractivity contribution in [3.8, 4) is 0 Å². The molecule has 1 saturated heterocycles. The van der Waals surface area contributed by atoms with E-state index in [9.17, 15) is 0 Å². The summed E-state index contributed by atoms with van der Waals surface area (Å²) >= 11 is 0. The van der Waals surface area contributed by atoms with Crippen molar-refractivity contribution < 1.29 is 4.74 Å². The lowest BCUT2D eigenvalue weighted by atomic mass is 10.1. The predicted octanol–water partition coefficient (Wildman–Crippen LogP) is 2.60. The van der Waals surface area contributed by atoms with Crippen LogP contribution in [0.5, 0.6) is 0 Å². The van der Waals surface area contributed by atoms with Crippen molar-refractivity contribution >= 4 is 11.8 Å². The van der Waals surface area contributed by atoms with E-state index in [2.05, 4.69) is 39.1 Å². The average molecular weight is 312 g/mol. The Labute approximate surface area is 137 Å². The summed E-state index contributed by atoms with van der Waals surface area (Å²) in [7, 11) is 0. The Hall–Kier alpha value is -2.14. The van der Waals surface area contributed by atoms with Crippen LogP contribution in [-0.2, 0) is 11.2 Å². The van der Waals surface area contributed by atoms with Crippen LogP contribution in [0.2, 0.25) is 0 Å². The van der Waals surface area contributed by atoms with Crippen molar-refractivity contribution in [2.24, 2.45) is 0 Å². The van der Waals surface area contributed by atoms with Gasteiger partial charge in [-0.3, -0.25) is 0 Å². The summed E-state index contributed by atoms with van der Waals surface area (Å²) in [5, 5.41) is 0. The molecule has 5 nitrogen and oxygen atoms in total. The quantitative estimate of drug-likeness (QED) is 0.919. The molecule has 122 valence electrons. The number of rotatable bonds is 5. The van der Waals surface area contributed by atoms with E-state index < -0.39 is 0 Å². The standard InChI is InChI=1S/C18H24N4O/c1-14-13-17(21-18(19)20-14)22-10-7-16(8-11-22)23-12-9-15-5-3-2-4-6-15/h2-6,13,16H,7-12H2,1H3,(H2,19,20,21). The first-order chi connectivity index (χ1) is 11.2. The lowest BCUT2D eigenvalue weighted by Crippen LogP contribution is -2.38. The number of anilines is 2. The van der Waals surface area contributed by atoms with E-state index in [0.29, 0.717) is 12.1 Å². The van der Waals surface area contributed by atoms with Gasteiger partial charge in [0.05, 0.1) is 12.7 Å². The first-order valence-electron chi connectivity index (χ1n) is 8.22. The van der Waals surface area contributed by atoms with Gasteiger partial charge in [-0.2, -0.15) is 4.98 Å². The Morgan fingerprint density at radius 3 is 2.61 bits per heavy atom. The first-order valence-corrected chi connectivity index (χ1v) is 8.22. The molecule has 0 atom stereocenters. The van der Waals surface area contributed by atoms with Crippen LogP contribution in [-0.4, -0.2) is 35.8 Å². The molecule has 1 aromatic carbocycles. The first kappa shape index (κ1) is 15.7. The number of ether oxygens (including phenoxy) is 1. The molecule has 3 rings (SSSR count). The summed E-state index contributed by atoms with van der Waals surface area (Å²) in [6.07, 6.45) is 3.37. The topological polar surface area (TPSA) is 64.3 Å². The van der Waals surface area contributed by atoms with Gasteiger partial charge in [0.25, 0.3) is 0 Å². The predicted molar refractivity (Wildman–Crippen MR) is 92.5 cm³/mol. The van der Waals surface area contributed by atoms with E-state index >= 15 is 0 Å². The molecule has 1 fully saturated rings. The zero-order valence-electron chi connectivity index (χ0n) is 13.6. The molecule has 0 saturated carbocycles. The smallest absolute Gasteiger partial charge is 0.222 e. The molecule has 1 aliphatic rings. The van der Waals surface area contributed by atoms with Crippen LogP contribution in [0.15, 0.2) is 36.4 Å². The minimum atomic E-state index is 0.343. The molecule has 0 radical (unpaired) electrons. The fourth-order valence-corrected chi connectivity index (χ4v) is 2.98. The molecule has 2 heterocycles. The second kappa shape index (κ2) is 7.42. The summed E-state index contributed by atoms with van der Waals surface area (Å²) in [5.41, 5.74) is 7.98. The lowest BCUT2D eigenvalue weighted by molar-refractivity contribution is 0.0390. The number of piperidine rings is 1. The summed E-state index contributed by atoms with van der Waals surface area (Å²) in [4.78, 5) is 10.7. The molecular weight excluding hydrogens is 288 g/mol. The van der Waals surface area contributed by atoms with Gasteiger partial charge in [-0.1, -0.05) is 30.3 Å². The molecule has 23 heavy (non-hydrogen) atoms. The highest BCUT2D eigenvalue weighted by atomic mass is 16.5. The van der Waals surface area contributed by atoms with Crippen molar-refractivity contribution in [2.45, 2.75) is 32.3 Å². The molecule has 0 aliphatic carbocycles. The maximum atomic E-state index is 6.03. The van der Waals surface area contributed by atoms with Crippen molar-refractivity contribution in [1.82, 2.24) is 9.97 Å². The number of hydrogen-bond donors (Lipinski definition) is 1. The van der Waals surface area contributed by atoms with Gasteiger partial charge in [0, 0.05) is 24.8 Å². The minimum Gasteiger partial charge on any atom is -0.378 e. The molecule has 5 heteroatoms. The number of aromatic nitrogens is 2. The normalized spacial score (nSPS) is 15.8. The maximum absolute atomic E-state index is 6.03. The van der Waals surface area contributed by atoms with Crippen molar-refractivity contribution in [1.29, 1.82) is 0 Å². The largest absolute Gasteiger partial charge is 0.378 e. The maximum Gasteiger partial charge on any atom is 0.222 e. The highest BCUT2D eigenvalue weighted by molar-refractivity contribution is 5.43. The van der Waals surface area contributed by atoms with Gasteiger partial charge in [0.15, 0.2) is 0 Å². The summed E-state index contributed by atoms with van der Waals surface area (Å²) in [6.45, 7) is 4.63. The summed E-state index contributed by atoms with van der Waals surface area (Å²) in [6, 6.07) is 12.5. The zero-order chi connectivity index (χ0) is 16.1. The van der Waals surface area contributed by atoms with E-state index in [1.54, 1.807) is 0 Å². The second-order valence-electron chi connectivity index (χ2n) is 6.02. The number of nitrogen functional groups attached to an aromatic ring is 1. The molecule has 0 spiro atoms. The van der Waals surface area contributed by atoms with E-state index in [4.69, 9.17) is 10.5 Å². The van der Waals surface area contributed by atoms with Crippen molar-refractivity contribution in [3.63, 3.8) is 0 Å². The highest BCUT2D eigenvalue weighted by Crippen LogP contribution is 2.21. The third-order valence-corrected chi connectivity index (χ3v) is 4.21. The van der Waals surface area contributed by atoms with Crippen LogP contribution in [0, 0.1) is 6.92 Å². The zero-order valence-corrected chi connectivity index (χ0v) is 13.6. The number of nitrogens with zero attached hydrogens (tertiary/aromatic N) is 3. The molecular formula is C18H24N4O. The number of nitrogens with two attached hydrogens (primary N) is 1. The van der Waals surface area contributed by atoms with Crippen LogP contribution in [0.1, 0.15) is 24.1 Å². The molecule has 0 bridgehead atoms. The average Bonchev–Trinajstić information content (AvgIpc) is 2.56. The number of hydrogen-bond acceptors (Lipinski definition) is 5. The second-order valence-corrected chi connectivity index (χ2v) is 6.02. The van der Waals surface area contributed by atoms with E-state index in [1.165, 1.54) is 5.56 Å². The van der Waals surface area contributed by atoms with Gasteiger partial charge < -0.3 is 15.4 Å². The van der Waals surface area contributed by atoms with Crippen LogP contribution < -0.4 is 10.6 Å². The Morgan fingerprint density at radius 1 is 1.17 bits per heavy atom. The molecule has 0 unspecified atom stereocenters. The van der Waals surface area contributed by atoms with Crippen LogP contribution >= 0.6 is 0 Å². The molecule has 2 N–H and O–H groups in total. The third kappa shape index (κ3) is 4.42. The van der Waals surface area contributed by atoms with Gasteiger partial charge >= 0.3 is 0 Å². The Balaban J connectivity index is 1.45.